The van der Waals surface area contributed by atoms with Crippen molar-refractivity contribution in [3.05, 3.63) is 24.6 Å². The number of terminal acetylenes is 1. The molecule has 8 nitrogen and oxygen atoms in total. The molecule has 0 radical (unpaired) electrons. The summed E-state index contributed by atoms with van der Waals surface area (Å²) in [6.45, 7) is 2.75. The first-order chi connectivity index (χ1) is 9.27. The molecule has 2 amide bonds. The van der Waals surface area contributed by atoms with Gasteiger partial charge in [0.15, 0.2) is 11.8 Å². The van der Waals surface area contributed by atoms with Gasteiger partial charge < -0.3 is 31.5 Å². The van der Waals surface area contributed by atoms with Gasteiger partial charge in [0.1, 0.15) is 12.2 Å². The number of primary amides is 1. The lowest BCUT2D eigenvalue weighted by atomic mass is 9.93. The molecule has 1 aliphatic rings. The zero-order valence-electron chi connectivity index (χ0n) is 10.6. The SMILES string of the molecule is C#CC1(O)C(O)[C@H](N(/C=C\C(=C)N)C(N)=O)O[C@@H]1CO. The van der Waals surface area contributed by atoms with Crippen molar-refractivity contribution >= 4 is 6.03 Å². The van der Waals surface area contributed by atoms with Crippen molar-refractivity contribution in [1.29, 1.82) is 0 Å². The van der Waals surface area contributed by atoms with Crippen LogP contribution in [-0.2, 0) is 4.74 Å². The van der Waals surface area contributed by atoms with E-state index in [2.05, 4.69) is 6.58 Å². The standard InChI is InChI=1S/C12H17N3O5/c1-3-12(19)8(6-16)20-10(9(12)17)15(11(14)18)5-4-7(2)13/h1,4-5,8-10,16-17,19H,2,6,13H2,(H2,14,18)/b5-4-/t8-,9?,10-,12?/m1/s1. The van der Waals surface area contributed by atoms with Crippen molar-refractivity contribution in [2.45, 2.75) is 24.0 Å². The molecule has 0 aromatic rings. The van der Waals surface area contributed by atoms with Gasteiger partial charge in [-0.15, -0.1) is 6.42 Å². The number of carbonyl (C=O) groups is 1. The Balaban J connectivity index is 3.09. The van der Waals surface area contributed by atoms with Gasteiger partial charge in [0.2, 0.25) is 0 Å². The predicted octanol–water partition coefficient (Wildman–Crippen LogP) is -2.20. The van der Waals surface area contributed by atoms with Gasteiger partial charge in [-0.25, -0.2) is 4.79 Å². The van der Waals surface area contributed by atoms with Gasteiger partial charge in [-0.3, -0.25) is 4.90 Å². The van der Waals surface area contributed by atoms with Crippen LogP contribution in [0.5, 0.6) is 0 Å². The molecular formula is C12H17N3O5. The largest absolute Gasteiger partial charge is 0.399 e. The lowest BCUT2D eigenvalue weighted by molar-refractivity contribution is -0.0678. The van der Waals surface area contributed by atoms with E-state index in [1.165, 1.54) is 6.08 Å². The van der Waals surface area contributed by atoms with Crippen LogP contribution in [0.3, 0.4) is 0 Å². The second kappa shape index (κ2) is 5.94. The molecule has 0 aromatic heterocycles. The fourth-order valence-electron chi connectivity index (χ4n) is 1.79. The van der Waals surface area contributed by atoms with Crippen LogP contribution in [0.4, 0.5) is 4.79 Å². The van der Waals surface area contributed by atoms with Crippen molar-refractivity contribution in [2.24, 2.45) is 11.5 Å². The number of hydrogen-bond donors (Lipinski definition) is 5. The average molecular weight is 283 g/mol. The number of aliphatic hydroxyl groups is 3. The fraction of sp³-hybridized carbons (Fsp3) is 0.417. The maximum Gasteiger partial charge on any atom is 0.321 e. The van der Waals surface area contributed by atoms with E-state index in [4.69, 9.17) is 27.7 Å². The number of hydrogen-bond acceptors (Lipinski definition) is 6. The van der Waals surface area contributed by atoms with E-state index in [-0.39, 0.29) is 5.70 Å². The summed E-state index contributed by atoms with van der Waals surface area (Å²) in [5.74, 6) is 1.96. The Morgan fingerprint density at radius 1 is 1.60 bits per heavy atom. The molecule has 0 aliphatic carbocycles. The van der Waals surface area contributed by atoms with Crippen LogP contribution < -0.4 is 11.5 Å². The molecule has 0 bridgehead atoms. The molecule has 1 fully saturated rings. The third kappa shape index (κ3) is 2.76. The maximum absolute atomic E-state index is 11.4. The molecule has 8 heteroatoms. The Bertz CT molecular complexity index is 472. The number of rotatable bonds is 4. The predicted molar refractivity (Wildman–Crippen MR) is 69.4 cm³/mol. The Hall–Kier alpha value is -2.05. The van der Waals surface area contributed by atoms with Gasteiger partial charge in [-0.1, -0.05) is 12.5 Å². The summed E-state index contributed by atoms with van der Waals surface area (Å²) in [4.78, 5) is 12.2. The molecule has 110 valence electrons. The average Bonchev–Trinajstić information content (AvgIpc) is 2.63. The molecule has 1 rings (SSSR count). The fourth-order valence-corrected chi connectivity index (χ4v) is 1.79. The number of aliphatic hydroxyl groups excluding tert-OH is 2. The normalized spacial score (nSPS) is 33.0. The van der Waals surface area contributed by atoms with Crippen molar-refractivity contribution in [3.63, 3.8) is 0 Å². The minimum atomic E-state index is -2.14. The minimum Gasteiger partial charge on any atom is -0.399 e. The maximum atomic E-state index is 11.4. The Labute approximate surface area is 115 Å². The van der Waals surface area contributed by atoms with Gasteiger partial charge in [0.25, 0.3) is 0 Å². The number of nitrogens with two attached hydrogens (primary N) is 2. The topological polar surface area (TPSA) is 142 Å². The minimum absolute atomic E-state index is 0.134. The zero-order valence-corrected chi connectivity index (χ0v) is 10.6. The second-order valence-corrected chi connectivity index (χ2v) is 4.25. The molecule has 7 N–H and O–H groups in total. The second-order valence-electron chi connectivity index (χ2n) is 4.25. The van der Waals surface area contributed by atoms with E-state index in [1.807, 2.05) is 5.92 Å². The molecular weight excluding hydrogens is 266 g/mol. The summed E-state index contributed by atoms with van der Waals surface area (Å²) < 4.78 is 5.20. The van der Waals surface area contributed by atoms with Gasteiger partial charge >= 0.3 is 6.03 Å². The molecule has 20 heavy (non-hydrogen) atoms. The van der Waals surface area contributed by atoms with Crippen molar-refractivity contribution in [2.75, 3.05) is 6.61 Å². The highest BCUT2D eigenvalue weighted by Crippen LogP contribution is 2.32. The van der Waals surface area contributed by atoms with Crippen LogP contribution in [0.2, 0.25) is 0 Å². The summed E-state index contributed by atoms with van der Waals surface area (Å²) in [6.07, 6.45) is 3.25. The molecule has 1 saturated heterocycles. The first kappa shape index (κ1) is 16.0. The zero-order chi connectivity index (χ0) is 15.5. The van der Waals surface area contributed by atoms with Crippen LogP contribution >= 0.6 is 0 Å². The van der Waals surface area contributed by atoms with E-state index in [0.717, 1.165) is 11.1 Å². The van der Waals surface area contributed by atoms with Crippen molar-refractivity contribution in [1.82, 2.24) is 4.90 Å². The molecule has 0 aromatic carbocycles. The number of ether oxygens (including phenoxy) is 1. The third-order valence-electron chi connectivity index (χ3n) is 2.89. The van der Waals surface area contributed by atoms with Gasteiger partial charge in [0.05, 0.1) is 6.61 Å². The molecule has 1 heterocycles. The lowest BCUT2D eigenvalue weighted by Gasteiger charge is -2.27. The Kier molecular flexibility index (Phi) is 4.75. The number of amides is 2. The van der Waals surface area contributed by atoms with Crippen molar-refractivity contribution < 1.29 is 24.9 Å². The number of urea groups is 1. The van der Waals surface area contributed by atoms with Crippen LogP contribution in [0.15, 0.2) is 24.6 Å². The Morgan fingerprint density at radius 2 is 2.20 bits per heavy atom. The van der Waals surface area contributed by atoms with E-state index >= 15 is 0 Å². The monoisotopic (exact) mass is 283 g/mol. The van der Waals surface area contributed by atoms with Crippen LogP contribution in [-0.4, -0.2) is 56.9 Å². The third-order valence-corrected chi connectivity index (χ3v) is 2.89. The van der Waals surface area contributed by atoms with Crippen LogP contribution in [0.1, 0.15) is 0 Å². The molecule has 2 unspecified atom stereocenters. The summed E-state index contributed by atoms with van der Waals surface area (Å²) in [7, 11) is 0. The summed E-state index contributed by atoms with van der Waals surface area (Å²) >= 11 is 0. The first-order valence-electron chi connectivity index (χ1n) is 5.62. The summed E-state index contributed by atoms with van der Waals surface area (Å²) in [5, 5.41) is 29.2. The highest BCUT2D eigenvalue weighted by Gasteiger charge is 2.56. The summed E-state index contributed by atoms with van der Waals surface area (Å²) in [5.41, 5.74) is 8.48. The summed E-state index contributed by atoms with van der Waals surface area (Å²) in [6, 6.07) is -0.968. The van der Waals surface area contributed by atoms with Gasteiger partial charge in [-0.05, 0) is 6.08 Å². The van der Waals surface area contributed by atoms with Gasteiger partial charge in [-0.2, -0.15) is 0 Å². The Morgan fingerprint density at radius 3 is 2.55 bits per heavy atom. The molecule has 1 aliphatic heterocycles. The molecule has 0 spiro atoms. The van der Waals surface area contributed by atoms with Crippen LogP contribution in [0.25, 0.3) is 0 Å². The van der Waals surface area contributed by atoms with Crippen molar-refractivity contribution in [3.8, 4) is 12.3 Å². The quantitative estimate of drug-likeness (QED) is 0.292. The first-order valence-corrected chi connectivity index (χ1v) is 5.62. The highest BCUT2D eigenvalue weighted by atomic mass is 16.6. The van der Waals surface area contributed by atoms with E-state index in [1.54, 1.807) is 0 Å². The molecule has 4 atom stereocenters. The number of nitrogens with zero attached hydrogens (tertiary/aromatic N) is 1. The van der Waals surface area contributed by atoms with E-state index in [0.29, 0.717) is 0 Å². The highest BCUT2D eigenvalue weighted by molar-refractivity contribution is 5.73. The lowest BCUT2D eigenvalue weighted by Crippen LogP contribution is -2.52. The van der Waals surface area contributed by atoms with Gasteiger partial charge in [0, 0.05) is 11.9 Å². The van der Waals surface area contributed by atoms with E-state index in [9.17, 15) is 15.0 Å². The van der Waals surface area contributed by atoms with Crippen LogP contribution in [0, 0.1) is 12.3 Å². The number of allylic oxidation sites excluding steroid dienone is 1. The van der Waals surface area contributed by atoms with E-state index < -0.39 is 36.7 Å². The number of carbonyl (C=O) groups excluding carboxylic acids is 1. The molecule has 0 saturated carbocycles. The smallest absolute Gasteiger partial charge is 0.321 e.